The van der Waals surface area contributed by atoms with E-state index in [-0.39, 0.29) is 18.7 Å². The van der Waals surface area contributed by atoms with Crippen LogP contribution < -0.4 is 0 Å². The number of carbonyl (C=O) groups is 3. The standard InChI is InChI=1S/C18H15N5O3/c1-3-9-21-16(24)17(25)22(18(21)26)11-15-14(10-19)12(2)20-23(15)13-7-5-4-6-8-13/h3-8H,1,9,11H2,2H3. The first kappa shape index (κ1) is 17.1. The molecule has 0 N–H and O–H groups in total. The highest BCUT2D eigenvalue weighted by atomic mass is 16.2. The average Bonchev–Trinajstić information content (AvgIpc) is 3.07. The molecule has 0 unspecified atom stereocenters. The van der Waals surface area contributed by atoms with E-state index < -0.39 is 17.8 Å². The van der Waals surface area contributed by atoms with Crippen LogP contribution in [-0.2, 0) is 16.1 Å². The monoisotopic (exact) mass is 349 g/mol. The molecule has 1 fully saturated rings. The smallest absolute Gasteiger partial charge is 0.263 e. The summed E-state index contributed by atoms with van der Waals surface area (Å²) in [6.07, 6.45) is 1.37. The second kappa shape index (κ2) is 6.64. The van der Waals surface area contributed by atoms with E-state index in [4.69, 9.17) is 0 Å². The van der Waals surface area contributed by atoms with Gasteiger partial charge in [0.05, 0.1) is 29.2 Å². The summed E-state index contributed by atoms with van der Waals surface area (Å²) in [6.45, 7) is 4.87. The number of urea groups is 1. The molecule has 1 aromatic heterocycles. The van der Waals surface area contributed by atoms with Gasteiger partial charge in [0.1, 0.15) is 6.07 Å². The van der Waals surface area contributed by atoms with Crippen LogP contribution in [-0.4, -0.2) is 44.0 Å². The minimum absolute atomic E-state index is 0.0536. The van der Waals surface area contributed by atoms with Gasteiger partial charge in [-0.1, -0.05) is 24.3 Å². The number of nitrogens with zero attached hydrogens (tertiary/aromatic N) is 5. The van der Waals surface area contributed by atoms with Crippen molar-refractivity contribution in [3.8, 4) is 11.8 Å². The van der Waals surface area contributed by atoms with Gasteiger partial charge < -0.3 is 0 Å². The van der Waals surface area contributed by atoms with Crippen LogP contribution in [0.2, 0.25) is 0 Å². The molecule has 8 heteroatoms. The average molecular weight is 349 g/mol. The van der Waals surface area contributed by atoms with Gasteiger partial charge in [-0.25, -0.2) is 14.4 Å². The van der Waals surface area contributed by atoms with Crippen molar-refractivity contribution in [1.82, 2.24) is 19.6 Å². The number of aryl methyl sites for hydroxylation is 1. The molecule has 0 spiro atoms. The van der Waals surface area contributed by atoms with Crippen LogP contribution in [0.15, 0.2) is 43.0 Å². The van der Waals surface area contributed by atoms with E-state index >= 15 is 0 Å². The summed E-state index contributed by atoms with van der Waals surface area (Å²) in [7, 11) is 0. The van der Waals surface area contributed by atoms with E-state index in [0.717, 1.165) is 9.80 Å². The highest BCUT2D eigenvalue weighted by Crippen LogP contribution is 2.22. The van der Waals surface area contributed by atoms with Crippen LogP contribution in [0, 0.1) is 18.3 Å². The summed E-state index contributed by atoms with van der Waals surface area (Å²) in [4.78, 5) is 38.3. The lowest BCUT2D eigenvalue weighted by Gasteiger charge is -2.15. The fourth-order valence-electron chi connectivity index (χ4n) is 2.78. The minimum atomic E-state index is -0.931. The van der Waals surface area contributed by atoms with E-state index in [9.17, 15) is 19.6 Å². The molecule has 8 nitrogen and oxygen atoms in total. The number of carbonyl (C=O) groups excluding carboxylic acids is 3. The van der Waals surface area contributed by atoms with Crippen LogP contribution in [0.5, 0.6) is 0 Å². The molecule has 3 rings (SSSR count). The molecule has 0 saturated carbocycles. The Morgan fingerprint density at radius 1 is 1.15 bits per heavy atom. The number of para-hydroxylation sites is 1. The van der Waals surface area contributed by atoms with Crippen molar-refractivity contribution >= 4 is 17.8 Å². The lowest BCUT2D eigenvalue weighted by molar-refractivity contribution is -0.143. The summed E-state index contributed by atoms with van der Waals surface area (Å²) in [5.74, 6) is -1.84. The Balaban J connectivity index is 2.04. The fraction of sp³-hybridized carbons (Fsp3) is 0.167. The molecular formula is C18H15N5O3. The number of imide groups is 2. The highest BCUT2D eigenvalue weighted by Gasteiger charge is 2.44. The zero-order valence-electron chi connectivity index (χ0n) is 14.0. The Hall–Kier alpha value is -3.73. The van der Waals surface area contributed by atoms with Crippen molar-refractivity contribution in [1.29, 1.82) is 5.26 Å². The van der Waals surface area contributed by atoms with Gasteiger partial charge >= 0.3 is 17.8 Å². The lowest BCUT2D eigenvalue weighted by Crippen LogP contribution is -2.33. The normalized spacial score (nSPS) is 14.1. The maximum atomic E-state index is 12.4. The quantitative estimate of drug-likeness (QED) is 0.463. The van der Waals surface area contributed by atoms with Crippen molar-refractivity contribution in [3.63, 3.8) is 0 Å². The molecule has 1 aliphatic heterocycles. The molecule has 2 aromatic rings. The third kappa shape index (κ3) is 2.65. The van der Waals surface area contributed by atoms with Crippen LogP contribution in [0.4, 0.5) is 4.79 Å². The van der Waals surface area contributed by atoms with Crippen LogP contribution in [0.1, 0.15) is 17.0 Å². The van der Waals surface area contributed by atoms with E-state index in [1.807, 2.05) is 18.2 Å². The summed E-state index contributed by atoms with van der Waals surface area (Å²) in [5.41, 5.74) is 1.79. The molecule has 1 saturated heterocycles. The van der Waals surface area contributed by atoms with Crippen molar-refractivity contribution < 1.29 is 14.4 Å². The molecule has 2 heterocycles. The number of benzene rings is 1. The SMILES string of the molecule is C=CCN1C(=O)C(=O)N(Cc2c(C#N)c(C)nn2-c2ccccc2)C1=O. The zero-order valence-corrected chi connectivity index (χ0v) is 14.0. The van der Waals surface area contributed by atoms with Crippen LogP contribution in [0.25, 0.3) is 5.69 Å². The highest BCUT2D eigenvalue weighted by molar-refractivity contribution is 6.44. The van der Waals surface area contributed by atoms with E-state index in [2.05, 4.69) is 17.7 Å². The van der Waals surface area contributed by atoms with Gasteiger partial charge in [0.25, 0.3) is 0 Å². The van der Waals surface area contributed by atoms with Crippen molar-refractivity contribution in [2.24, 2.45) is 0 Å². The van der Waals surface area contributed by atoms with Gasteiger partial charge in [0, 0.05) is 6.54 Å². The van der Waals surface area contributed by atoms with Crippen molar-refractivity contribution in [3.05, 3.63) is 59.9 Å². The Labute approximate surface area is 149 Å². The predicted molar refractivity (Wildman–Crippen MR) is 90.9 cm³/mol. The third-order valence-electron chi connectivity index (χ3n) is 4.02. The zero-order chi connectivity index (χ0) is 18.8. The van der Waals surface area contributed by atoms with E-state index in [1.165, 1.54) is 10.8 Å². The molecule has 130 valence electrons. The van der Waals surface area contributed by atoms with Gasteiger partial charge in [0.2, 0.25) is 0 Å². The largest absolute Gasteiger partial charge is 0.334 e. The molecule has 0 bridgehead atoms. The summed E-state index contributed by atoms with van der Waals surface area (Å²) in [5, 5.41) is 13.8. The summed E-state index contributed by atoms with van der Waals surface area (Å²) in [6, 6.07) is 10.4. The topological polar surface area (TPSA) is 99.3 Å². The second-order valence-corrected chi connectivity index (χ2v) is 5.64. The predicted octanol–water partition coefficient (Wildman–Crippen LogP) is 1.53. The van der Waals surface area contributed by atoms with Gasteiger partial charge in [-0.2, -0.15) is 10.4 Å². The number of aromatic nitrogens is 2. The maximum absolute atomic E-state index is 12.4. The van der Waals surface area contributed by atoms with Crippen LogP contribution >= 0.6 is 0 Å². The fourth-order valence-corrected chi connectivity index (χ4v) is 2.78. The van der Waals surface area contributed by atoms with Gasteiger partial charge in [-0.05, 0) is 19.1 Å². The Morgan fingerprint density at radius 3 is 2.42 bits per heavy atom. The number of hydrogen-bond donors (Lipinski definition) is 0. The first-order valence-electron chi connectivity index (χ1n) is 7.81. The molecule has 1 aromatic carbocycles. The second-order valence-electron chi connectivity index (χ2n) is 5.64. The molecule has 26 heavy (non-hydrogen) atoms. The van der Waals surface area contributed by atoms with E-state index in [1.54, 1.807) is 19.1 Å². The first-order valence-corrected chi connectivity index (χ1v) is 7.81. The lowest BCUT2D eigenvalue weighted by atomic mass is 10.2. The Bertz CT molecular complexity index is 955. The van der Waals surface area contributed by atoms with Crippen LogP contribution in [0.3, 0.4) is 0 Å². The number of rotatable bonds is 5. The number of nitriles is 1. The Morgan fingerprint density at radius 2 is 1.81 bits per heavy atom. The van der Waals surface area contributed by atoms with E-state index in [0.29, 0.717) is 17.1 Å². The molecular weight excluding hydrogens is 334 g/mol. The summed E-state index contributed by atoms with van der Waals surface area (Å²) >= 11 is 0. The van der Waals surface area contributed by atoms with Gasteiger partial charge in [-0.15, -0.1) is 6.58 Å². The minimum Gasteiger partial charge on any atom is -0.263 e. The van der Waals surface area contributed by atoms with Gasteiger partial charge in [-0.3, -0.25) is 14.5 Å². The molecule has 0 aliphatic carbocycles. The number of hydrogen-bond acceptors (Lipinski definition) is 5. The van der Waals surface area contributed by atoms with Crippen molar-refractivity contribution in [2.45, 2.75) is 13.5 Å². The third-order valence-corrected chi connectivity index (χ3v) is 4.02. The molecule has 0 atom stereocenters. The number of amides is 4. The van der Waals surface area contributed by atoms with Gasteiger partial charge in [0.15, 0.2) is 0 Å². The summed E-state index contributed by atoms with van der Waals surface area (Å²) < 4.78 is 1.51. The maximum Gasteiger partial charge on any atom is 0.334 e. The molecule has 0 radical (unpaired) electrons. The molecule has 4 amide bonds. The molecule has 1 aliphatic rings. The first-order chi connectivity index (χ1) is 12.5. The van der Waals surface area contributed by atoms with Crippen molar-refractivity contribution in [2.75, 3.05) is 6.54 Å². The Kier molecular flexibility index (Phi) is 4.37.